The number of phenols is 1. The number of allylic oxidation sites excluding steroid dienone is 1. The van der Waals surface area contributed by atoms with Crippen LogP contribution in [-0.4, -0.2) is 80.9 Å². The van der Waals surface area contributed by atoms with Crippen LogP contribution in [0.1, 0.15) is 32.7 Å². The molecule has 1 aromatic carbocycles. The number of rotatable bonds is 4. The number of nitrogens with two attached hydrogens (primary N) is 2. The molecular formula is C23H25N3O8. The van der Waals surface area contributed by atoms with Crippen molar-refractivity contribution in [2.75, 3.05) is 20.6 Å². The van der Waals surface area contributed by atoms with E-state index >= 15 is 0 Å². The monoisotopic (exact) mass is 471 g/mol. The number of ketones is 3. The Bertz CT molecular complexity index is 1230. The standard InChI is InChI=1S/C23H25N3O8/c1-26(2)17-11-6-8-5-10-9(13(28)7-24)3-4-12(27)15(10)18(29)14(8)20(31)23(11,34)21(32)16(19(17)30)22(25)33/h3-4,8,11,17,27,30-31,34H,5-7,24H2,1-2H3,(H2,25,33)/t8-,11-,17-,23-/m0/s1. The van der Waals surface area contributed by atoms with Crippen LogP contribution in [0.15, 0.2) is 34.8 Å². The van der Waals surface area contributed by atoms with Gasteiger partial charge in [0.25, 0.3) is 5.91 Å². The van der Waals surface area contributed by atoms with Crippen LogP contribution >= 0.6 is 0 Å². The molecule has 1 amide bonds. The van der Waals surface area contributed by atoms with Crippen molar-refractivity contribution in [3.05, 3.63) is 51.5 Å². The molecule has 34 heavy (non-hydrogen) atoms. The lowest BCUT2D eigenvalue weighted by molar-refractivity contribution is -0.148. The van der Waals surface area contributed by atoms with Gasteiger partial charge in [-0.05, 0) is 50.6 Å². The summed E-state index contributed by atoms with van der Waals surface area (Å²) in [4.78, 5) is 52.5. The van der Waals surface area contributed by atoms with Gasteiger partial charge in [0.15, 0.2) is 17.2 Å². The molecule has 0 unspecified atom stereocenters. The molecule has 0 aliphatic heterocycles. The van der Waals surface area contributed by atoms with Gasteiger partial charge in [-0.15, -0.1) is 0 Å². The van der Waals surface area contributed by atoms with Crippen LogP contribution in [0.4, 0.5) is 0 Å². The molecule has 0 radical (unpaired) electrons. The third-order valence-corrected chi connectivity index (χ3v) is 7.09. The first-order valence-electron chi connectivity index (χ1n) is 10.6. The number of aliphatic hydroxyl groups excluding tert-OH is 2. The lowest BCUT2D eigenvalue weighted by atomic mass is 9.58. The van der Waals surface area contributed by atoms with Crippen molar-refractivity contribution >= 4 is 23.3 Å². The zero-order valence-electron chi connectivity index (χ0n) is 18.5. The number of likely N-dealkylation sites (N-methyl/N-ethyl adjacent to an activating group) is 1. The summed E-state index contributed by atoms with van der Waals surface area (Å²) in [6.07, 6.45) is -0.0261. The van der Waals surface area contributed by atoms with Gasteiger partial charge in [-0.2, -0.15) is 0 Å². The Labute approximate surface area is 194 Å². The highest BCUT2D eigenvalue weighted by Crippen LogP contribution is 2.52. The van der Waals surface area contributed by atoms with Crippen molar-refractivity contribution < 1.29 is 39.6 Å². The quantitative estimate of drug-likeness (QED) is 0.240. The van der Waals surface area contributed by atoms with E-state index in [0.29, 0.717) is 0 Å². The van der Waals surface area contributed by atoms with Crippen LogP contribution in [0.2, 0.25) is 0 Å². The number of aliphatic hydroxyl groups is 3. The predicted octanol–water partition coefficient (Wildman–Crippen LogP) is -0.738. The third kappa shape index (κ3) is 2.94. The molecule has 0 heterocycles. The Morgan fingerprint density at radius 1 is 1.18 bits per heavy atom. The largest absolute Gasteiger partial charge is 0.510 e. The van der Waals surface area contributed by atoms with Gasteiger partial charge in [0, 0.05) is 17.1 Å². The Kier molecular flexibility index (Phi) is 5.39. The number of fused-ring (bicyclic) bond motifs is 3. The second-order valence-electron chi connectivity index (χ2n) is 9.08. The first kappa shape index (κ1) is 23.6. The van der Waals surface area contributed by atoms with Crippen LogP contribution < -0.4 is 11.5 Å². The minimum absolute atomic E-state index is 0.0318. The highest BCUT2D eigenvalue weighted by atomic mass is 16.3. The summed E-state index contributed by atoms with van der Waals surface area (Å²) in [5.41, 5.74) is 7.12. The topological polar surface area (TPSA) is 204 Å². The van der Waals surface area contributed by atoms with Crippen LogP contribution in [-0.2, 0) is 16.0 Å². The number of benzene rings is 1. The Morgan fingerprint density at radius 2 is 1.82 bits per heavy atom. The summed E-state index contributed by atoms with van der Waals surface area (Å²) in [6.45, 7) is -0.321. The van der Waals surface area contributed by atoms with Crippen molar-refractivity contribution in [2.45, 2.75) is 24.5 Å². The van der Waals surface area contributed by atoms with Gasteiger partial charge in [-0.3, -0.25) is 24.1 Å². The maximum Gasteiger partial charge on any atom is 0.255 e. The SMILES string of the molecule is CN(C)[C@@H]1C(O)=C(C(N)=O)C(=O)[C@@]2(O)C(O)=C3C(=O)c4c(O)ccc(C(=O)CN)c4C[C@H]3C[C@@H]12. The van der Waals surface area contributed by atoms with Crippen molar-refractivity contribution in [2.24, 2.45) is 23.3 Å². The maximum atomic E-state index is 13.5. The van der Waals surface area contributed by atoms with Gasteiger partial charge in [-0.1, -0.05) is 0 Å². The predicted molar refractivity (Wildman–Crippen MR) is 117 cm³/mol. The highest BCUT2D eigenvalue weighted by Gasteiger charge is 2.63. The van der Waals surface area contributed by atoms with Gasteiger partial charge < -0.3 is 31.9 Å². The van der Waals surface area contributed by atoms with Crippen LogP contribution in [0, 0.1) is 11.8 Å². The molecule has 3 aliphatic carbocycles. The number of primary amides is 1. The van der Waals surface area contributed by atoms with E-state index in [4.69, 9.17) is 11.5 Å². The second kappa shape index (κ2) is 7.76. The van der Waals surface area contributed by atoms with Gasteiger partial charge in [0.05, 0.1) is 18.2 Å². The Balaban J connectivity index is 1.97. The molecule has 11 nitrogen and oxygen atoms in total. The number of amides is 1. The van der Waals surface area contributed by atoms with Gasteiger partial charge >= 0.3 is 0 Å². The molecule has 11 heteroatoms. The van der Waals surface area contributed by atoms with Crippen molar-refractivity contribution in [3.63, 3.8) is 0 Å². The molecular weight excluding hydrogens is 446 g/mol. The number of carbonyl (C=O) groups excluding carboxylic acids is 4. The van der Waals surface area contributed by atoms with E-state index in [1.54, 1.807) is 14.1 Å². The summed E-state index contributed by atoms with van der Waals surface area (Å²) in [5, 5.41) is 43.8. The average Bonchev–Trinajstić information content (AvgIpc) is 2.75. The summed E-state index contributed by atoms with van der Waals surface area (Å²) < 4.78 is 0. The first-order chi connectivity index (χ1) is 15.9. The summed E-state index contributed by atoms with van der Waals surface area (Å²) in [6, 6.07) is 1.45. The first-order valence-corrected chi connectivity index (χ1v) is 10.6. The number of nitrogens with zero attached hydrogens (tertiary/aromatic N) is 1. The van der Waals surface area contributed by atoms with E-state index in [1.807, 2.05) is 0 Å². The molecule has 8 N–H and O–H groups in total. The number of phenolic OH excluding ortho intramolecular Hbond substituents is 1. The fraction of sp³-hybridized carbons (Fsp3) is 0.391. The third-order valence-electron chi connectivity index (χ3n) is 7.09. The second-order valence-corrected chi connectivity index (χ2v) is 9.08. The van der Waals surface area contributed by atoms with Gasteiger partial charge in [-0.25, -0.2) is 0 Å². The molecule has 4 atom stereocenters. The lowest BCUT2D eigenvalue weighted by Gasteiger charge is -2.50. The minimum Gasteiger partial charge on any atom is -0.510 e. The normalized spacial score (nSPS) is 28.6. The average molecular weight is 471 g/mol. The molecule has 0 spiro atoms. The van der Waals surface area contributed by atoms with Crippen molar-refractivity contribution in [1.82, 2.24) is 4.90 Å². The van der Waals surface area contributed by atoms with E-state index in [0.717, 1.165) is 6.07 Å². The van der Waals surface area contributed by atoms with E-state index in [9.17, 15) is 39.6 Å². The molecule has 4 rings (SSSR count). The zero-order valence-corrected chi connectivity index (χ0v) is 18.5. The highest BCUT2D eigenvalue weighted by molar-refractivity contribution is 6.25. The number of carbonyl (C=O) groups is 4. The number of aromatic hydroxyl groups is 1. The van der Waals surface area contributed by atoms with Crippen LogP contribution in [0.5, 0.6) is 5.75 Å². The van der Waals surface area contributed by atoms with E-state index < -0.39 is 69.6 Å². The minimum atomic E-state index is -2.70. The number of hydrogen-bond donors (Lipinski definition) is 6. The molecule has 0 aromatic heterocycles. The smallest absolute Gasteiger partial charge is 0.255 e. The molecule has 180 valence electrons. The summed E-state index contributed by atoms with van der Waals surface area (Å²) >= 11 is 0. The van der Waals surface area contributed by atoms with E-state index in [-0.39, 0.29) is 41.6 Å². The van der Waals surface area contributed by atoms with E-state index in [1.165, 1.54) is 11.0 Å². The fourth-order valence-corrected chi connectivity index (χ4v) is 5.62. The molecule has 0 fully saturated rings. The Morgan fingerprint density at radius 3 is 2.38 bits per heavy atom. The number of Topliss-reactive ketones (excluding diaryl/α,β-unsaturated/α-hetero) is 3. The van der Waals surface area contributed by atoms with E-state index in [2.05, 4.69) is 0 Å². The van der Waals surface area contributed by atoms with Gasteiger partial charge in [0.2, 0.25) is 5.78 Å². The lowest BCUT2D eigenvalue weighted by Crippen LogP contribution is -2.63. The summed E-state index contributed by atoms with van der Waals surface area (Å²) in [7, 11) is 3.09. The summed E-state index contributed by atoms with van der Waals surface area (Å²) in [5.74, 6) is -7.81. The van der Waals surface area contributed by atoms with Gasteiger partial charge in [0.1, 0.15) is 22.8 Å². The van der Waals surface area contributed by atoms with Crippen LogP contribution in [0.25, 0.3) is 0 Å². The fourth-order valence-electron chi connectivity index (χ4n) is 5.62. The van der Waals surface area contributed by atoms with Crippen LogP contribution in [0.3, 0.4) is 0 Å². The zero-order chi connectivity index (χ0) is 25.3. The maximum absolute atomic E-state index is 13.5. The Hall–Kier alpha value is -3.54. The molecule has 0 saturated carbocycles. The molecule has 0 saturated heterocycles. The molecule has 3 aliphatic rings. The van der Waals surface area contributed by atoms with Crippen molar-refractivity contribution in [1.29, 1.82) is 0 Å². The molecule has 0 bridgehead atoms. The van der Waals surface area contributed by atoms with Crippen molar-refractivity contribution in [3.8, 4) is 5.75 Å². The molecule has 1 aromatic rings. The number of hydrogen-bond acceptors (Lipinski definition) is 10.